The zero-order chi connectivity index (χ0) is 8.69. The van der Waals surface area contributed by atoms with E-state index in [4.69, 9.17) is 15.6 Å². The first-order chi connectivity index (χ1) is 5.22. The minimum Gasteiger partial charge on any atom is -0.480 e. The van der Waals surface area contributed by atoms with Crippen molar-refractivity contribution in [2.24, 2.45) is 5.73 Å². The first-order valence-electron chi connectivity index (χ1n) is 3.25. The first kappa shape index (κ1) is 10.7. The standard InChI is InChI=1S/C6H13NO3S/c1-10-4-5(6(8)9)11-3-2-7/h5H,2-4,7H2,1H3,(H,8,9). The van der Waals surface area contributed by atoms with Crippen LogP contribution in [-0.2, 0) is 9.53 Å². The molecule has 11 heavy (non-hydrogen) atoms. The molecule has 0 heterocycles. The Bertz CT molecular complexity index is 120. The number of rotatable bonds is 6. The summed E-state index contributed by atoms with van der Waals surface area (Å²) in [5, 5.41) is 8.11. The van der Waals surface area contributed by atoms with Crippen molar-refractivity contribution in [3.63, 3.8) is 0 Å². The quantitative estimate of drug-likeness (QED) is 0.589. The summed E-state index contributed by atoms with van der Waals surface area (Å²) in [6.45, 7) is 0.734. The van der Waals surface area contributed by atoms with Crippen molar-refractivity contribution in [1.29, 1.82) is 0 Å². The molecule has 0 radical (unpaired) electrons. The zero-order valence-corrected chi connectivity index (χ0v) is 7.26. The maximum atomic E-state index is 10.5. The van der Waals surface area contributed by atoms with E-state index in [9.17, 15) is 4.79 Å². The van der Waals surface area contributed by atoms with E-state index in [0.717, 1.165) is 0 Å². The molecule has 5 heteroatoms. The molecule has 0 spiro atoms. The van der Waals surface area contributed by atoms with Crippen LogP contribution in [0.4, 0.5) is 0 Å². The van der Waals surface area contributed by atoms with Crippen molar-refractivity contribution in [1.82, 2.24) is 0 Å². The molecular weight excluding hydrogens is 166 g/mol. The lowest BCUT2D eigenvalue weighted by Crippen LogP contribution is -2.23. The van der Waals surface area contributed by atoms with Gasteiger partial charge >= 0.3 is 5.97 Å². The van der Waals surface area contributed by atoms with Gasteiger partial charge in [0, 0.05) is 19.4 Å². The maximum absolute atomic E-state index is 10.5. The van der Waals surface area contributed by atoms with Crippen molar-refractivity contribution in [2.75, 3.05) is 26.0 Å². The Hall–Kier alpha value is -0.260. The van der Waals surface area contributed by atoms with Crippen molar-refractivity contribution in [3.05, 3.63) is 0 Å². The normalized spacial score (nSPS) is 12.9. The van der Waals surface area contributed by atoms with Gasteiger partial charge in [0.2, 0.25) is 0 Å². The topological polar surface area (TPSA) is 72.5 Å². The van der Waals surface area contributed by atoms with Crippen molar-refractivity contribution < 1.29 is 14.6 Å². The first-order valence-corrected chi connectivity index (χ1v) is 4.30. The molecule has 3 N–H and O–H groups in total. The number of aliphatic carboxylic acids is 1. The predicted molar refractivity (Wildman–Crippen MR) is 44.8 cm³/mol. The number of carboxylic acids is 1. The average molecular weight is 179 g/mol. The summed E-state index contributed by atoms with van der Waals surface area (Å²) in [5.74, 6) is -0.189. The molecule has 0 amide bonds. The lowest BCUT2D eigenvalue weighted by atomic mass is 10.5. The number of hydrogen-bond donors (Lipinski definition) is 2. The van der Waals surface area contributed by atoms with Gasteiger partial charge in [-0.1, -0.05) is 0 Å². The van der Waals surface area contributed by atoms with Gasteiger partial charge in [-0.15, -0.1) is 11.8 Å². The van der Waals surface area contributed by atoms with Crippen molar-refractivity contribution in [3.8, 4) is 0 Å². The number of methoxy groups -OCH3 is 1. The van der Waals surface area contributed by atoms with E-state index in [0.29, 0.717) is 12.3 Å². The Morgan fingerprint density at radius 2 is 2.45 bits per heavy atom. The van der Waals surface area contributed by atoms with Crippen LogP contribution in [0.5, 0.6) is 0 Å². The van der Waals surface area contributed by atoms with E-state index in [-0.39, 0.29) is 6.61 Å². The van der Waals surface area contributed by atoms with Crippen LogP contribution in [0, 0.1) is 0 Å². The van der Waals surface area contributed by atoms with E-state index in [1.807, 2.05) is 0 Å². The molecule has 0 aromatic carbocycles. The lowest BCUT2D eigenvalue weighted by Gasteiger charge is -2.08. The van der Waals surface area contributed by atoms with E-state index in [1.54, 1.807) is 0 Å². The molecule has 0 saturated heterocycles. The molecule has 1 unspecified atom stereocenters. The molecule has 0 aliphatic heterocycles. The summed E-state index contributed by atoms with van der Waals surface area (Å²) >= 11 is 1.30. The monoisotopic (exact) mass is 179 g/mol. The minimum absolute atomic E-state index is 0.236. The van der Waals surface area contributed by atoms with Gasteiger partial charge in [0.25, 0.3) is 0 Å². The smallest absolute Gasteiger partial charge is 0.319 e. The number of carbonyl (C=O) groups is 1. The van der Waals surface area contributed by atoms with E-state index < -0.39 is 11.2 Å². The third kappa shape index (κ3) is 5.06. The summed E-state index contributed by atoms with van der Waals surface area (Å²) in [4.78, 5) is 10.5. The average Bonchev–Trinajstić information content (AvgIpc) is 1.97. The molecule has 0 aromatic heterocycles. The Labute approximate surface area is 70.1 Å². The van der Waals surface area contributed by atoms with Gasteiger partial charge in [-0.05, 0) is 0 Å². The third-order valence-electron chi connectivity index (χ3n) is 1.03. The van der Waals surface area contributed by atoms with Gasteiger partial charge in [-0.2, -0.15) is 0 Å². The van der Waals surface area contributed by atoms with Crippen LogP contribution in [0.25, 0.3) is 0 Å². The molecule has 4 nitrogen and oxygen atoms in total. The fourth-order valence-electron chi connectivity index (χ4n) is 0.552. The zero-order valence-electron chi connectivity index (χ0n) is 6.45. The van der Waals surface area contributed by atoms with E-state index >= 15 is 0 Å². The van der Waals surface area contributed by atoms with Crippen molar-refractivity contribution in [2.45, 2.75) is 5.25 Å². The summed E-state index contributed by atoms with van der Waals surface area (Å²) in [5.41, 5.74) is 5.22. The third-order valence-corrected chi connectivity index (χ3v) is 2.24. The van der Waals surface area contributed by atoms with Gasteiger partial charge in [-0.3, -0.25) is 4.79 Å². The highest BCUT2D eigenvalue weighted by molar-refractivity contribution is 8.00. The summed E-state index contributed by atoms with van der Waals surface area (Å²) in [6, 6.07) is 0. The highest BCUT2D eigenvalue weighted by Crippen LogP contribution is 2.10. The SMILES string of the molecule is COCC(SCCN)C(=O)O. The summed E-state index contributed by atoms with van der Waals surface area (Å²) in [7, 11) is 1.49. The molecule has 0 aliphatic carbocycles. The number of ether oxygens (including phenoxy) is 1. The van der Waals surface area contributed by atoms with Crippen LogP contribution in [-0.4, -0.2) is 42.3 Å². The van der Waals surface area contributed by atoms with Crippen LogP contribution < -0.4 is 5.73 Å². The van der Waals surface area contributed by atoms with Gasteiger partial charge in [0.1, 0.15) is 5.25 Å². The maximum Gasteiger partial charge on any atom is 0.319 e. The van der Waals surface area contributed by atoms with Gasteiger partial charge in [-0.25, -0.2) is 0 Å². The second-order valence-electron chi connectivity index (χ2n) is 1.94. The van der Waals surface area contributed by atoms with Crippen LogP contribution in [0.3, 0.4) is 0 Å². The number of carboxylic acid groups (broad SMARTS) is 1. The molecule has 0 fully saturated rings. The van der Waals surface area contributed by atoms with Crippen LogP contribution in [0.2, 0.25) is 0 Å². The lowest BCUT2D eigenvalue weighted by molar-refractivity contribution is -0.137. The Morgan fingerprint density at radius 1 is 1.82 bits per heavy atom. The molecule has 0 saturated carbocycles. The molecule has 0 aromatic rings. The Morgan fingerprint density at radius 3 is 2.82 bits per heavy atom. The van der Waals surface area contributed by atoms with Gasteiger partial charge < -0.3 is 15.6 Å². The Balaban J connectivity index is 3.60. The molecule has 1 atom stereocenters. The van der Waals surface area contributed by atoms with E-state index in [1.165, 1.54) is 18.9 Å². The predicted octanol–water partition coefficient (Wildman–Crippen LogP) is -0.222. The highest BCUT2D eigenvalue weighted by atomic mass is 32.2. The fraction of sp³-hybridized carbons (Fsp3) is 0.833. The molecule has 66 valence electrons. The molecule has 0 rings (SSSR count). The second kappa shape index (κ2) is 6.45. The number of thioether (sulfide) groups is 1. The van der Waals surface area contributed by atoms with Crippen LogP contribution in [0.1, 0.15) is 0 Å². The summed E-state index contributed by atoms with van der Waals surface area (Å²) in [6.07, 6.45) is 0. The largest absolute Gasteiger partial charge is 0.480 e. The molecule has 0 aliphatic rings. The minimum atomic E-state index is -0.842. The van der Waals surface area contributed by atoms with Crippen molar-refractivity contribution >= 4 is 17.7 Å². The van der Waals surface area contributed by atoms with Gasteiger partial charge in [0.15, 0.2) is 0 Å². The van der Waals surface area contributed by atoms with Crippen LogP contribution in [0.15, 0.2) is 0 Å². The molecule has 0 bridgehead atoms. The van der Waals surface area contributed by atoms with Gasteiger partial charge in [0.05, 0.1) is 6.61 Å². The second-order valence-corrected chi connectivity index (χ2v) is 3.25. The summed E-state index contributed by atoms with van der Waals surface area (Å²) < 4.78 is 4.72. The number of nitrogens with two attached hydrogens (primary N) is 1. The van der Waals surface area contributed by atoms with E-state index in [2.05, 4.69) is 0 Å². The molecular formula is C6H13NO3S. The Kier molecular flexibility index (Phi) is 6.30. The number of hydrogen-bond acceptors (Lipinski definition) is 4. The fourth-order valence-corrected chi connectivity index (χ4v) is 1.35. The highest BCUT2D eigenvalue weighted by Gasteiger charge is 2.16. The van der Waals surface area contributed by atoms with Crippen LogP contribution >= 0.6 is 11.8 Å².